The molecule has 0 aromatic heterocycles. The van der Waals surface area contributed by atoms with E-state index >= 15 is 0 Å². The van der Waals surface area contributed by atoms with Gasteiger partial charge < -0.3 is 14.5 Å². The van der Waals surface area contributed by atoms with Gasteiger partial charge in [0, 0.05) is 24.7 Å². The van der Waals surface area contributed by atoms with Crippen LogP contribution < -0.4 is 9.68 Å². The molecule has 0 saturated carbocycles. The van der Waals surface area contributed by atoms with Gasteiger partial charge in [-0.3, -0.25) is 4.90 Å². The highest BCUT2D eigenvalue weighted by atomic mass is 16.6. The van der Waals surface area contributed by atoms with Crippen LogP contribution in [0, 0.1) is 0 Å². The van der Waals surface area contributed by atoms with Crippen LogP contribution in [-0.4, -0.2) is 29.1 Å². The molecule has 0 aliphatic carbocycles. The van der Waals surface area contributed by atoms with Crippen molar-refractivity contribution in [2.45, 2.75) is 80.5 Å². The maximum absolute atomic E-state index is 5.80. The van der Waals surface area contributed by atoms with Crippen LogP contribution in [0.2, 0.25) is 0 Å². The summed E-state index contributed by atoms with van der Waals surface area (Å²) in [5.74, 6) is 1.29. The molecule has 0 N–H and O–H groups in total. The van der Waals surface area contributed by atoms with Crippen LogP contribution in [0.3, 0.4) is 0 Å². The van der Waals surface area contributed by atoms with Crippen molar-refractivity contribution in [3.05, 3.63) is 59.2 Å². The van der Waals surface area contributed by atoms with Crippen molar-refractivity contribution in [1.82, 2.24) is 4.90 Å². The van der Waals surface area contributed by atoms with Crippen molar-refractivity contribution in [1.29, 1.82) is 0 Å². The van der Waals surface area contributed by atoms with Gasteiger partial charge in [0.2, 0.25) is 0 Å². The van der Waals surface area contributed by atoms with Crippen molar-refractivity contribution in [3.63, 3.8) is 0 Å². The molecule has 2 rings (SSSR count). The average molecular weight is 481 g/mol. The van der Waals surface area contributed by atoms with Crippen LogP contribution in [0.25, 0.3) is 0 Å². The average Bonchev–Trinajstić information content (AvgIpc) is 2.87. The van der Waals surface area contributed by atoms with Crippen molar-refractivity contribution in [3.8, 4) is 11.5 Å². The monoisotopic (exact) mass is 480 g/mol. The van der Waals surface area contributed by atoms with E-state index in [0.29, 0.717) is 24.7 Å². The van der Waals surface area contributed by atoms with E-state index in [2.05, 4.69) is 65.5 Å². The lowest BCUT2D eigenvalue weighted by atomic mass is 10.1. The summed E-state index contributed by atoms with van der Waals surface area (Å²) in [5, 5.41) is 12.5. The lowest BCUT2D eigenvalue weighted by Crippen LogP contribution is -2.17. The molecule has 0 radical (unpaired) electrons. The Morgan fingerprint density at radius 2 is 1.29 bits per heavy atom. The zero-order valence-electron chi connectivity index (χ0n) is 22.3. The molecule has 2 aromatic carbocycles. The molecule has 190 valence electrons. The van der Waals surface area contributed by atoms with E-state index in [1.54, 1.807) is 0 Å². The number of hydrogen-bond acceptors (Lipinski definition) is 7. The Labute approximate surface area is 210 Å². The molecule has 0 amide bonds. The van der Waals surface area contributed by atoms with Gasteiger partial charge in [0.1, 0.15) is 6.61 Å². The van der Waals surface area contributed by atoms with Crippen molar-refractivity contribution < 1.29 is 14.5 Å². The van der Waals surface area contributed by atoms with E-state index < -0.39 is 0 Å². The fourth-order valence-corrected chi connectivity index (χ4v) is 2.87. The Bertz CT molecular complexity index is 1010. The van der Waals surface area contributed by atoms with Crippen molar-refractivity contribution in [2.24, 2.45) is 15.5 Å². The minimum atomic E-state index is 0.474. The lowest BCUT2D eigenvalue weighted by molar-refractivity contribution is 0.130. The number of oxime groups is 3. The predicted octanol–water partition coefficient (Wildman–Crippen LogP) is 6.95. The van der Waals surface area contributed by atoms with Crippen LogP contribution in [0.4, 0.5) is 0 Å². The zero-order chi connectivity index (χ0) is 25.6. The summed E-state index contributed by atoms with van der Waals surface area (Å²) in [7, 11) is 2.09. The summed E-state index contributed by atoms with van der Waals surface area (Å²) in [6.45, 7) is 14.0. The maximum Gasteiger partial charge on any atom is 0.166 e. The molecule has 0 fully saturated rings. The number of hydrogen-bond donors (Lipinski definition) is 0. The summed E-state index contributed by atoms with van der Waals surface area (Å²) in [4.78, 5) is 19.0. The SMILES string of the molecule is CC/C(C)=N/OCc1ccc(CN(C)Cc2ccc(O/N=C(\C)CC)cc2O/N=C(\C)CC)cc1. The van der Waals surface area contributed by atoms with E-state index in [4.69, 9.17) is 14.5 Å². The summed E-state index contributed by atoms with van der Waals surface area (Å²) in [6, 6.07) is 14.2. The molecule has 0 saturated heterocycles. The summed E-state index contributed by atoms with van der Waals surface area (Å²) >= 11 is 0. The Kier molecular flexibility index (Phi) is 12.0. The molecule has 7 heteroatoms. The van der Waals surface area contributed by atoms with Gasteiger partial charge >= 0.3 is 0 Å². The zero-order valence-corrected chi connectivity index (χ0v) is 22.3. The fourth-order valence-electron chi connectivity index (χ4n) is 2.87. The van der Waals surface area contributed by atoms with Crippen LogP contribution in [-0.2, 0) is 24.5 Å². The molecule has 35 heavy (non-hydrogen) atoms. The third kappa shape index (κ3) is 10.3. The van der Waals surface area contributed by atoms with E-state index in [-0.39, 0.29) is 0 Å². The molecule has 0 aliphatic heterocycles. The first-order valence-electron chi connectivity index (χ1n) is 12.3. The smallest absolute Gasteiger partial charge is 0.166 e. The van der Waals surface area contributed by atoms with Gasteiger partial charge in [0.25, 0.3) is 0 Å². The van der Waals surface area contributed by atoms with Gasteiger partial charge in [-0.25, -0.2) is 0 Å². The lowest BCUT2D eigenvalue weighted by Gasteiger charge is -2.19. The highest BCUT2D eigenvalue weighted by molar-refractivity contribution is 5.81. The first kappa shape index (κ1) is 28.1. The van der Waals surface area contributed by atoms with Gasteiger partial charge in [0.15, 0.2) is 11.5 Å². The number of benzene rings is 2. The predicted molar refractivity (Wildman–Crippen MR) is 144 cm³/mol. The molecule has 0 bridgehead atoms. The van der Waals surface area contributed by atoms with Crippen molar-refractivity contribution in [2.75, 3.05) is 7.05 Å². The van der Waals surface area contributed by atoms with Gasteiger partial charge in [-0.1, -0.05) is 66.6 Å². The normalized spacial score (nSPS) is 12.7. The van der Waals surface area contributed by atoms with Crippen LogP contribution >= 0.6 is 0 Å². The molecule has 0 atom stereocenters. The highest BCUT2D eigenvalue weighted by Crippen LogP contribution is 2.27. The molecule has 2 aromatic rings. The van der Waals surface area contributed by atoms with E-state index in [0.717, 1.165) is 54.1 Å². The van der Waals surface area contributed by atoms with Crippen LogP contribution in [0.5, 0.6) is 11.5 Å². The van der Waals surface area contributed by atoms with Crippen LogP contribution in [0.1, 0.15) is 77.5 Å². The molecule has 0 aliphatic rings. The number of rotatable bonds is 14. The van der Waals surface area contributed by atoms with E-state index in [9.17, 15) is 0 Å². The van der Waals surface area contributed by atoms with Crippen molar-refractivity contribution >= 4 is 17.1 Å². The quantitative estimate of drug-likeness (QED) is 0.217. The summed E-state index contributed by atoms with van der Waals surface area (Å²) in [6.07, 6.45) is 2.56. The van der Waals surface area contributed by atoms with Gasteiger partial charge in [-0.15, -0.1) is 0 Å². The second kappa shape index (κ2) is 14.9. The largest absolute Gasteiger partial charge is 0.391 e. The van der Waals surface area contributed by atoms with Crippen LogP contribution in [0.15, 0.2) is 57.9 Å². The second-order valence-corrected chi connectivity index (χ2v) is 8.75. The Hall–Kier alpha value is -3.19. The first-order valence-corrected chi connectivity index (χ1v) is 12.3. The highest BCUT2D eigenvalue weighted by Gasteiger charge is 2.11. The fraction of sp³-hybridized carbons (Fsp3) is 0.464. The molecule has 0 heterocycles. The van der Waals surface area contributed by atoms with Gasteiger partial charge in [-0.05, 0) is 64.3 Å². The minimum absolute atomic E-state index is 0.474. The van der Waals surface area contributed by atoms with E-state index in [1.807, 2.05) is 45.9 Å². The first-order chi connectivity index (χ1) is 16.8. The Morgan fingerprint density at radius 1 is 0.714 bits per heavy atom. The molecule has 0 unspecified atom stereocenters. The van der Waals surface area contributed by atoms with E-state index in [1.165, 1.54) is 5.56 Å². The van der Waals surface area contributed by atoms with Gasteiger partial charge in [0.05, 0.1) is 17.1 Å². The molecular formula is C28H40N4O3. The minimum Gasteiger partial charge on any atom is -0.391 e. The molecule has 7 nitrogen and oxygen atoms in total. The van der Waals surface area contributed by atoms with Gasteiger partial charge in [-0.2, -0.15) is 0 Å². The standard InChI is InChI=1S/C28H40N4O3/c1-8-21(4)29-33-20-25-13-11-24(12-14-25)18-32(7)19-26-15-16-27(34-30-22(5)9-2)17-28(26)35-31-23(6)10-3/h11-17H,8-10,18-20H2,1-7H3/b29-21+,30-22+,31-23+. The number of nitrogens with zero attached hydrogens (tertiary/aromatic N) is 4. The summed E-state index contributed by atoms with van der Waals surface area (Å²) < 4.78 is 0. The molecule has 0 spiro atoms. The second-order valence-electron chi connectivity index (χ2n) is 8.75. The topological polar surface area (TPSA) is 68.0 Å². The Morgan fingerprint density at radius 3 is 1.91 bits per heavy atom. The summed E-state index contributed by atoms with van der Waals surface area (Å²) in [5.41, 5.74) is 6.19. The Balaban J connectivity index is 2.06. The molecular weight excluding hydrogens is 440 g/mol. The third-order valence-corrected chi connectivity index (χ3v) is 5.55. The third-order valence-electron chi connectivity index (χ3n) is 5.55. The maximum atomic E-state index is 5.80.